The third kappa shape index (κ3) is 4.61. The number of hydrogen-bond acceptors (Lipinski definition) is 4. The molecule has 34 heavy (non-hydrogen) atoms. The SMILES string of the molecule is CCOc1ccc(N2C(=O)Nc3ccccc3[C@]2(O)C(=O)N[C@H](C)CCc2ccccc2)cc1. The van der Waals surface area contributed by atoms with Crippen LogP contribution in [0.1, 0.15) is 31.4 Å². The van der Waals surface area contributed by atoms with Gasteiger partial charge in [0.05, 0.1) is 12.3 Å². The van der Waals surface area contributed by atoms with Gasteiger partial charge >= 0.3 is 6.03 Å². The van der Waals surface area contributed by atoms with E-state index in [-0.39, 0.29) is 6.04 Å². The standard InChI is InChI=1S/C27H29N3O4/c1-3-34-22-17-15-21(16-18-22)30-26(32)29-24-12-8-7-11-23(24)27(30,33)25(31)28-19(2)13-14-20-9-5-4-6-10-20/h4-12,15-19,33H,3,13-14H2,1-2H3,(H,28,31)(H,29,32)/t19-,27+/m1/s1. The number of nitrogens with one attached hydrogen (secondary N) is 2. The molecule has 0 bridgehead atoms. The third-order valence-electron chi connectivity index (χ3n) is 5.88. The van der Waals surface area contributed by atoms with Gasteiger partial charge in [0.15, 0.2) is 0 Å². The van der Waals surface area contributed by atoms with Gasteiger partial charge in [-0.15, -0.1) is 0 Å². The van der Waals surface area contributed by atoms with Gasteiger partial charge in [-0.2, -0.15) is 0 Å². The van der Waals surface area contributed by atoms with Crippen molar-refractivity contribution in [2.24, 2.45) is 0 Å². The number of anilines is 2. The van der Waals surface area contributed by atoms with E-state index in [1.54, 1.807) is 48.5 Å². The van der Waals surface area contributed by atoms with Crippen LogP contribution >= 0.6 is 0 Å². The average Bonchev–Trinajstić information content (AvgIpc) is 2.84. The van der Waals surface area contributed by atoms with Crippen molar-refractivity contribution in [1.29, 1.82) is 0 Å². The van der Waals surface area contributed by atoms with Crippen molar-refractivity contribution >= 4 is 23.3 Å². The van der Waals surface area contributed by atoms with E-state index in [9.17, 15) is 14.7 Å². The molecule has 1 heterocycles. The molecule has 1 aliphatic heterocycles. The summed E-state index contributed by atoms with van der Waals surface area (Å²) in [6.07, 6.45) is 1.46. The minimum Gasteiger partial charge on any atom is -0.494 e. The van der Waals surface area contributed by atoms with Crippen molar-refractivity contribution in [3.8, 4) is 5.75 Å². The molecule has 0 aliphatic carbocycles. The van der Waals surface area contributed by atoms with Gasteiger partial charge in [-0.25, -0.2) is 4.79 Å². The first-order valence-electron chi connectivity index (χ1n) is 11.4. The second kappa shape index (κ2) is 9.97. The summed E-state index contributed by atoms with van der Waals surface area (Å²) in [4.78, 5) is 27.8. The van der Waals surface area contributed by atoms with E-state index in [4.69, 9.17) is 4.74 Å². The van der Waals surface area contributed by atoms with Gasteiger partial charge in [0, 0.05) is 17.3 Å². The molecule has 0 aromatic heterocycles. The summed E-state index contributed by atoms with van der Waals surface area (Å²) in [5.74, 6) is -0.0316. The molecule has 1 aliphatic rings. The maximum absolute atomic E-state index is 13.6. The topological polar surface area (TPSA) is 90.9 Å². The van der Waals surface area contributed by atoms with E-state index >= 15 is 0 Å². The Bertz CT molecular complexity index is 1150. The number of fused-ring (bicyclic) bond motifs is 1. The number of urea groups is 1. The molecule has 0 radical (unpaired) electrons. The van der Waals surface area contributed by atoms with Crippen molar-refractivity contribution < 1.29 is 19.4 Å². The molecular weight excluding hydrogens is 430 g/mol. The van der Waals surface area contributed by atoms with Gasteiger partial charge in [-0.3, -0.25) is 9.69 Å². The Hall–Kier alpha value is -3.84. The number of benzene rings is 3. The highest BCUT2D eigenvalue weighted by Gasteiger charge is 2.52. The van der Waals surface area contributed by atoms with E-state index in [2.05, 4.69) is 10.6 Å². The predicted molar refractivity (Wildman–Crippen MR) is 132 cm³/mol. The van der Waals surface area contributed by atoms with Crippen molar-refractivity contribution in [3.63, 3.8) is 0 Å². The van der Waals surface area contributed by atoms with Gasteiger partial charge in [0.25, 0.3) is 11.6 Å². The Labute approximate surface area is 199 Å². The van der Waals surface area contributed by atoms with Crippen LogP contribution in [-0.4, -0.2) is 29.7 Å². The molecular formula is C27H29N3O4. The van der Waals surface area contributed by atoms with Crippen molar-refractivity contribution in [1.82, 2.24) is 5.32 Å². The molecule has 7 nitrogen and oxygen atoms in total. The highest BCUT2D eigenvalue weighted by atomic mass is 16.5. The second-order valence-electron chi connectivity index (χ2n) is 8.31. The van der Waals surface area contributed by atoms with E-state index in [0.29, 0.717) is 35.7 Å². The van der Waals surface area contributed by atoms with Crippen LogP contribution in [0.4, 0.5) is 16.2 Å². The molecule has 0 spiro atoms. The molecule has 7 heteroatoms. The first-order valence-corrected chi connectivity index (χ1v) is 11.4. The molecule has 3 amide bonds. The van der Waals surface area contributed by atoms with Gasteiger partial charge in [-0.1, -0.05) is 48.5 Å². The first-order chi connectivity index (χ1) is 16.4. The minimum absolute atomic E-state index is 0.226. The number of aliphatic hydroxyl groups is 1. The van der Waals surface area contributed by atoms with E-state index in [0.717, 1.165) is 11.3 Å². The number of aryl methyl sites for hydroxylation is 1. The molecule has 4 rings (SSSR count). The fourth-order valence-electron chi connectivity index (χ4n) is 4.15. The number of amides is 3. The van der Waals surface area contributed by atoms with Crippen LogP contribution in [-0.2, 0) is 16.9 Å². The monoisotopic (exact) mass is 459 g/mol. The lowest BCUT2D eigenvalue weighted by Gasteiger charge is -2.43. The van der Waals surface area contributed by atoms with Crippen LogP contribution in [0.25, 0.3) is 0 Å². The molecule has 0 unspecified atom stereocenters. The summed E-state index contributed by atoms with van der Waals surface area (Å²) in [5, 5.41) is 17.6. The lowest BCUT2D eigenvalue weighted by atomic mass is 9.94. The molecule has 3 aromatic carbocycles. The summed E-state index contributed by atoms with van der Waals surface area (Å²) in [5.41, 5.74) is -0.00107. The Balaban J connectivity index is 1.63. The van der Waals surface area contributed by atoms with E-state index in [1.807, 2.05) is 44.2 Å². The predicted octanol–water partition coefficient (Wildman–Crippen LogP) is 4.42. The van der Waals surface area contributed by atoms with Crippen LogP contribution < -0.4 is 20.3 Å². The number of carbonyl (C=O) groups excluding carboxylic acids is 2. The van der Waals surface area contributed by atoms with Gasteiger partial charge in [0.1, 0.15) is 5.75 Å². The Kier molecular flexibility index (Phi) is 6.84. The zero-order chi connectivity index (χ0) is 24.1. The van der Waals surface area contributed by atoms with Crippen LogP contribution in [0.2, 0.25) is 0 Å². The number of ether oxygens (including phenoxy) is 1. The quantitative estimate of drug-likeness (QED) is 0.465. The zero-order valence-corrected chi connectivity index (χ0v) is 19.3. The van der Waals surface area contributed by atoms with E-state index < -0.39 is 17.7 Å². The Morgan fingerprint density at radius 1 is 1.06 bits per heavy atom. The van der Waals surface area contributed by atoms with Crippen LogP contribution in [0, 0.1) is 0 Å². The summed E-state index contributed by atoms with van der Waals surface area (Å²) in [7, 11) is 0. The third-order valence-corrected chi connectivity index (χ3v) is 5.88. The summed E-state index contributed by atoms with van der Waals surface area (Å²) < 4.78 is 5.49. The van der Waals surface area contributed by atoms with Crippen LogP contribution in [0.15, 0.2) is 78.9 Å². The number of para-hydroxylation sites is 1. The van der Waals surface area contributed by atoms with Gasteiger partial charge in [0.2, 0.25) is 0 Å². The summed E-state index contributed by atoms with van der Waals surface area (Å²) in [6, 6.07) is 22.7. The van der Waals surface area contributed by atoms with Gasteiger partial charge in [-0.05, 0) is 62.6 Å². The lowest BCUT2D eigenvalue weighted by Crippen LogP contribution is -2.63. The number of carbonyl (C=O) groups is 2. The maximum Gasteiger partial charge on any atom is 0.329 e. The molecule has 3 aromatic rings. The Morgan fingerprint density at radius 3 is 2.44 bits per heavy atom. The smallest absolute Gasteiger partial charge is 0.329 e. The molecule has 0 fully saturated rings. The normalized spacial score (nSPS) is 18.0. The Morgan fingerprint density at radius 2 is 1.74 bits per heavy atom. The van der Waals surface area contributed by atoms with Gasteiger partial charge < -0.3 is 20.5 Å². The largest absolute Gasteiger partial charge is 0.494 e. The van der Waals surface area contributed by atoms with E-state index in [1.165, 1.54) is 5.56 Å². The molecule has 3 N–H and O–H groups in total. The fourth-order valence-corrected chi connectivity index (χ4v) is 4.15. The molecule has 2 atom stereocenters. The summed E-state index contributed by atoms with van der Waals surface area (Å²) >= 11 is 0. The number of hydrogen-bond donors (Lipinski definition) is 3. The van der Waals surface area contributed by atoms with Crippen molar-refractivity contribution in [2.45, 2.75) is 38.5 Å². The zero-order valence-electron chi connectivity index (χ0n) is 19.3. The number of nitrogens with zero attached hydrogens (tertiary/aromatic N) is 1. The second-order valence-corrected chi connectivity index (χ2v) is 8.31. The summed E-state index contributed by atoms with van der Waals surface area (Å²) in [6.45, 7) is 4.27. The maximum atomic E-state index is 13.6. The molecule has 176 valence electrons. The molecule has 0 saturated carbocycles. The highest BCUT2D eigenvalue weighted by Crippen LogP contribution is 2.40. The fraction of sp³-hybridized carbons (Fsp3) is 0.259. The lowest BCUT2D eigenvalue weighted by molar-refractivity contribution is -0.141. The highest BCUT2D eigenvalue weighted by molar-refractivity contribution is 6.11. The van der Waals surface area contributed by atoms with Crippen LogP contribution in [0.5, 0.6) is 5.75 Å². The molecule has 0 saturated heterocycles. The van der Waals surface area contributed by atoms with Crippen molar-refractivity contribution in [3.05, 3.63) is 90.0 Å². The number of rotatable bonds is 8. The van der Waals surface area contributed by atoms with Crippen molar-refractivity contribution in [2.75, 3.05) is 16.8 Å². The minimum atomic E-state index is -2.23. The average molecular weight is 460 g/mol. The van der Waals surface area contributed by atoms with Crippen LogP contribution in [0.3, 0.4) is 0 Å². The first kappa shape index (κ1) is 23.3.